The van der Waals surface area contributed by atoms with Gasteiger partial charge in [0.05, 0.1) is 0 Å². The van der Waals surface area contributed by atoms with Crippen LogP contribution in [0.2, 0.25) is 0 Å². The molecule has 3 saturated heterocycles. The predicted molar refractivity (Wildman–Crippen MR) is 116 cm³/mol. The quantitative estimate of drug-likeness (QED) is 0.711. The van der Waals surface area contributed by atoms with Gasteiger partial charge in [-0.25, -0.2) is 4.79 Å². The number of rotatable bonds is 4. The molecule has 3 aliphatic heterocycles. The highest BCUT2D eigenvalue weighted by Crippen LogP contribution is 2.34. The lowest BCUT2D eigenvalue weighted by Gasteiger charge is -2.51. The zero-order chi connectivity index (χ0) is 19.6. The number of carbonyl (C=O) groups excluding carboxylic acids is 1. The van der Waals surface area contributed by atoms with Gasteiger partial charge in [0.2, 0.25) is 0 Å². The summed E-state index contributed by atoms with van der Waals surface area (Å²) in [4.78, 5) is 19.6. The van der Waals surface area contributed by atoms with E-state index in [1.54, 1.807) is 0 Å². The first-order valence-electron chi connectivity index (χ1n) is 10.5. The maximum Gasteiger partial charge on any atom is 0.319 e. The minimum atomic E-state index is -0.116. The zero-order valence-corrected chi connectivity index (χ0v) is 16.4. The number of amides is 2. The molecular formula is C24H26N4O. The Morgan fingerprint density at radius 3 is 2.66 bits per heavy atom. The second-order valence-electron chi connectivity index (χ2n) is 8.19. The summed E-state index contributed by atoms with van der Waals surface area (Å²) in [7, 11) is 0. The molecule has 1 aromatic heterocycles. The number of benzene rings is 2. The summed E-state index contributed by atoms with van der Waals surface area (Å²) >= 11 is 0. The number of nitrogens with one attached hydrogen (secondary N) is 2. The van der Waals surface area contributed by atoms with Gasteiger partial charge < -0.3 is 10.6 Å². The molecule has 3 aliphatic rings. The van der Waals surface area contributed by atoms with Crippen LogP contribution in [0, 0.1) is 5.92 Å². The number of pyridine rings is 1. The van der Waals surface area contributed by atoms with Gasteiger partial charge in [0.15, 0.2) is 0 Å². The average Bonchev–Trinajstić information content (AvgIpc) is 2.77. The van der Waals surface area contributed by atoms with E-state index in [2.05, 4.69) is 38.7 Å². The Labute approximate surface area is 171 Å². The number of aromatic nitrogens is 1. The Morgan fingerprint density at radius 2 is 1.86 bits per heavy atom. The lowest BCUT2D eigenvalue weighted by molar-refractivity contribution is 0.0184. The molecule has 4 heterocycles. The van der Waals surface area contributed by atoms with Crippen LogP contribution >= 0.6 is 0 Å². The highest BCUT2D eigenvalue weighted by atomic mass is 16.2. The van der Waals surface area contributed by atoms with Crippen LogP contribution in [-0.4, -0.2) is 41.1 Å². The van der Waals surface area contributed by atoms with Gasteiger partial charge in [-0.3, -0.25) is 9.88 Å². The largest absolute Gasteiger partial charge is 0.333 e. The van der Waals surface area contributed by atoms with E-state index in [1.165, 1.54) is 10.9 Å². The molecule has 5 nitrogen and oxygen atoms in total. The predicted octanol–water partition coefficient (Wildman–Crippen LogP) is 4.06. The summed E-state index contributed by atoms with van der Waals surface area (Å²) in [5.74, 6) is 0.545. The van der Waals surface area contributed by atoms with E-state index in [9.17, 15) is 4.79 Å². The number of fused-ring (bicyclic) bond motifs is 4. The SMILES string of the molecule is O=C(Nc1ccc2ccccc2c1)N[C@@H]1C2CCN(CC2)[C@H]1Cc1cccnc1. The Kier molecular flexibility index (Phi) is 4.90. The van der Waals surface area contributed by atoms with Crippen LogP contribution in [0.25, 0.3) is 10.8 Å². The third kappa shape index (κ3) is 3.83. The topological polar surface area (TPSA) is 57.3 Å². The van der Waals surface area contributed by atoms with E-state index < -0.39 is 0 Å². The second-order valence-corrected chi connectivity index (χ2v) is 8.19. The van der Waals surface area contributed by atoms with Crippen LogP contribution in [0.3, 0.4) is 0 Å². The van der Waals surface area contributed by atoms with Crippen molar-refractivity contribution in [1.29, 1.82) is 0 Å². The van der Waals surface area contributed by atoms with Gasteiger partial charge in [-0.15, -0.1) is 0 Å². The zero-order valence-electron chi connectivity index (χ0n) is 16.4. The Hall–Kier alpha value is -2.92. The highest BCUT2D eigenvalue weighted by Gasteiger charge is 2.42. The van der Waals surface area contributed by atoms with Crippen LogP contribution in [0.1, 0.15) is 18.4 Å². The van der Waals surface area contributed by atoms with E-state index in [0.717, 1.165) is 43.4 Å². The van der Waals surface area contributed by atoms with Crippen LogP contribution in [0.15, 0.2) is 67.0 Å². The van der Waals surface area contributed by atoms with E-state index in [1.807, 2.05) is 48.8 Å². The first kappa shape index (κ1) is 18.1. The van der Waals surface area contributed by atoms with E-state index in [4.69, 9.17) is 0 Å². The number of nitrogens with zero attached hydrogens (tertiary/aromatic N) is 2. The molecule has 29 heavy (non-hydrogen) atoms. The van der Waals surface area contributed by atoms with Crippen LogP contribution in [0.4, 0.5) is 10.5 Å². The second kappa shape index (κ2) is 7.84. The number of piperidine rings is 3. The molecule has 0 aliphatic carbocycles. The van der Waals surface area contributed by atoms with Crippen molar-refractivity contribution < 1.29 is 4.79 Å². The average molecular weight is 386 g/mol. The number of urea groups is 1. The molecule has 2 atom stereocenters. The molecule has 5 heteroatoms. The molecule has 2 bridgehead atoms. The molecule has 0 saturated carbocycles. The van der Waals surface area contributed by atoms with Crippen molar-refractivity contribution in [3.8, 4) is 0 Å². The number of anilines is 1. The van der Waals surface area contributed by atoms with Gasteiger partial charge in [0.25, 0.3) is 0 Å². The molecule has 148 valence electrons. The van der Waals surface area contributed by atoms with Crippen LogP contribution < -0.4 is 10.6 Å². The minimum absolute atomic E-state index is 0.116. The van der Waals surface area contributed by atoms with Crippen molar-refractivity contribution in [2.24, 2.45) is 5.92 Å². The van der Waals surface area contributed by atoms with Crippen molar-refractivity contribution in [2.45, 2.75) is 31.3 Å². The highest BCUT2D eigenvalue weighted by molar-refractivity contribution is 5.93. The fourth-order valence-electron chi connectivity index (χ4n) is 4.97. The number of hydrogen-bond acceptors (Lipinski definition) is 3. The van der Waals surface area contributed by atoms with Crippen molar-refractivity contribution in [2.75, 3.05) is 18.4 Å². The van der Waals surface area contributed by atoms with E-state index in [0.29, 0.717) is 12.0 Å². The molecule has 2 aromatic carbocycles. The molecule has 0 radical (unpaired) electrons. The van der Waals surface area contributed by atoms with Gasteiger partial charge in [-0.2, -0.15) is 0 Å². The van der Waals surface area contributed by atoms with E-state index >= 15 is 0 Å². The summed E-state index contributed by atoms with van der Waals surface area (Å²) in [5.41, 5.74) is 2.05. The summed E-state index contributed by atoms with van der Waals surface area (Å²) in [5, 5.41) is 8.65. The number of hydrogen-bond donors (Lipinski definition) is 2. The molecule has 6 rings (SSSR count). The van der Waals surface area contributed by atoms with Crippen molar-refractivity contribution >= 4 is 22.5 Å². The molecule has 3 fully saturated rings. The molecule has 3 aromatic rings. The van der Waals surface area contributed by atoms with Crippen LogP contribution in [-0.2, 0) is 6.42 Å². The van der Waals surface area contributed by atoms with Gasteiger partial charge in [-0.05, 0) is 72.8 Å². The standard InChI is InChI=1S/C24H26N4O/c29-24(26-21-8-7-18-5-1-2-6-20(18)15-21)27-23-19-9-12-28(13-10-19)22(23)14-17-4-3-11-25-16-17/h1-8,11,15-16,19,22-23H,9-10,12-14H2,(H2,26,27,29)/t22-,23+/m0/s1. The van der Waals surface area contributed by atoms with E-state index in [-0.39, 0.29) is 12.1 Å². The van der Waals surface area contributed by atoms with Crippen molar-refractivity contribution in [3.05, 3.63) is 72.6 Å². The first-order valence-corrected chi connectivity index (χ1v) is 10.5. The molecule has 2 N–H and O–H groups in total. The fraction of sp³-hybridized carbons (Fsp3) is 0.333. The molecule has 0 unspecified atom stereocenters. The van der Waals surface area contributed by atoms with Gasteiger partial charge in [-0.1, -0.05) is 36.4 Å². The molecule has 2 amide bonds. The summed E-state index contributed by atoms with van der Waals surface area (Å²) in [6, 6.07) is 18.7. The summed E-state index contributed by atoms with van der Waals surface area (Å²) in [6.07, 6.45) is 6.99. The Morgan fingerprint density at radius 1 is 1.03 bits per heavy atom. The molecule has 0 spiro atoms. The Bertz CT molecular complexity index is 998. The lowest BCUT2D eigenvalue weighted by atomic mass is 9.77. The minimum Gasteiger partial charge on any atom is -0.333 e. The smallest absolute Gasteiger partial charge is 0.319 e. The van der Waals surface area contributed by atoms with Crippen molar-refractivity contribution in [3.63, 3.8) is 0 Å². The van der Waals surface area contributed by atoms with Crippen LogP contribution in [0.5, 0.6) is 0 Å². The Balaban J connectivity index is 1.30. The first-order chi connectivity index (χ1) is 14.3. The fourth-order valence-corrected chi connectivity index (χ4v) is 4.97. The maximum absolute atomic E-state index is 12.8. The third-order valence-electron chi connectivity index (χ3n) is 6.44. The number of carbonyl (C=O) groups is 1. The van der Waals surface area contributed by atoms with Gasteiger partial charge >= 0.3 is 6.03 Å². The van der Waals surface area contributed by atoms with Gasteiger partial charge in [0, 0.05) is 30.2 Å². The monoisotopic (exact) mass is 386 g/mol. The summed E-state index contributed by atoms with van der Waals surface area (Å²) < 4.78 is 0. The normalized spacial score (nSPS) is 25.7. The van der Waals surface area contributed by atoms with Crippen molar-refractivity contribution in [1.82, 2.24) is 15.2 Å². The summed E-state index contributed by atoms with van der Waals surface area (Å²) in [6.45, 7) is 2.25. The molecular weight excluding hydrogens is 360 g/mol. The van der Waals surface area contributed by atoms with Gasteiger partial charge in [0.1, 0.15) is 0 Å². The lowest BCUT2D eigenvalue weighted by Crippen LogP contribution is -2.64. The third-order valence-corrected chi connectivity index (χ3v) is 6.44. The maximum atomic E-state index is 12.8.